The average Bonchev–Trinajstić information content (AvgIpc) is 2.47. The van der Waals surface area contributed by atoms with Gasteiger partial charge in [0.15, 0.2) is 0 Å². The molecule has 1 fully saturated rings. The van der Waals surface area contributed by atoms with Crippen molar-refractivity contribution in [1.29, 1.82) is 0 Å². The quantitative estimate of drug-likeness (QED) is 0.922. The first-order chi connectivity index (χ1) is 9.49. The van der Waals surface area contributed by atoms with Crippen LogP contribution in [0.2, 0.25) is 0 Å². The molecule has 2 rings (SSSR count). The molecule has 1 atom stereocenters. The Morgan fingerprint density at radius 3 is 2.45 bits per heavy atom. The number of carboxylic acids is 1. The van der Waals surface area contributed by atoms with E-state index in [9.17, 15) is 14.7 Å². The van der Waals surface area contributed by atoms with E-state index >= 15 is 0 Å². The van der Waals surface area contributed by atoms with Crippen LogP contribution in [-0.2, 0) is 11.2 Å². The van der Waals surface area contributed by atoms with Gasteiger partial charge in [-0.25, -0.2) is 4.79 Å². The monoisotopic (exact) mass is 275 g/mol. The largest absolute Gasteiger partial charge is 0.480 e. The van der Waals surface area contributed by atoms with E-state index in [0.29, 0.717) is 18.5 Å². The van der Waals surface area contributed by atoms with Crippen molar-refractivity contribution in [3.8, 4) is 0 Å². The van der Waals surface area contributed by atoms with Crippen molar-refractivity contribution in [3.05, 3.63) is 35.4 Å². The Balaban J connectivity index is 2.27. The molecule has 1 saturated heterocycles. The van der Waals surface area contributed by atoms with Crippen molar-refractivity contribution in [3.63, 3.8) is 0 Å². The molecule has 1 aromatic rings. The van der Waals surface area contributed by atoms with E-state index in [0.717, 1.165) is 19.3 Å². The molecule has 1 unspecified atom stereocenters. The summed E-state index contributed by atoms with van der Waals surface area (Å²) in [6.07, 6.45) is 3.15. The van der Waals surface area contributed by atoms with Gasteiger partial charge in [0.1, 0.15) is 5.54 Å². The fraction of sp³-hybridized carbons (Fsp3) is 0.500. The Hall–Kier alpha value is -1.84. The van der Waals surface area contributed by atoms with Gasteiger partial charge >= 0.3 is 5.97 Å². The number of nitrogens with zero attached hydrogens (tertiary/aromatic N) is 1. The van der Waals surface area contributed by atoms with Gasteiger partial charge in [0, 0.05) is 12.1 Å². The fourth-order valence-electron chi connectivity index (χ4n) is 2.71. The Bertz CT molecular complexity index is 509. The molecule has 20 heavy (non-hydrogen) atoms. The van der Waals surface area contributed by atoms with Crippen LogP contribution in [0.4, 0.5) is 0 Å². The van der Waals surface area contributed by atoms with Crippen LogP contribution >= 0.6 is 0 Å². The van der Waals surface area contributed by atoms with E-state index in [-0.39, 0.29) is 5.91 Å². The zero-order chi connectivity index (χ0) is 14.8. The molecule has 1 amide bonds. The molecule has 0 bridgehead atoms. The predicted molar refractivity (Wildman–Crippen MR) is 76.7 cm³/mol. The zero-order valence-corrected chi connectivity index (χ0v) is 12.1. The summed E-state index contributed by atoms with van der Waals surface area (Å²) in [5, 5.41) is 9.45. The van der Waals surface area contributed by atoms with Gasteiger partial charge in [-0.15, -0.1) is 0 Å². The second-order valence-electron chi connectivity index (χ2n) is 5.54. The molecule has 0 spiro atoms. The number of hydrogen-bond acceptors (Lipinski definition) is 2. The molecule has 4 nitrogen and oxygen atoms in total. The standard InChI is InChI=1S/C16H21NO3/c1-3-12-6-8-13(9-7-12)14(18)17-11-5-4-10-16(17,2)15(19)20/h6-9H,3-5,10-11H2,1-2H3,(H,19,20). The van der Waals surface area contributed by atoms with Crippen LogP contribution in [0.5, 0.6) is 0 Å². The number of benzene rings is 1. The molecule has 0 radical (unpaired) electrons. The minimum atomic E-state index is -1.08. The van der Waals surface area contributed by atoms with Crippen molar-refractivity contribution < 1.29 is 14.7 Å². The number of carbonyl (C=O) groups excluding carboxylic acids is 1. The topological polar surface area (TPSA) is 57.6 Å². The van der Waals surface area contributed by atoms with Crippen molar-refractivity contribution >= 4 is 11.9 Å². The van der Waals surface area contributed by atoms with Gasteiger partial charge in [0.25, 0.3) is 5.91 Å². The van der Waals surface area contributed by atoms with Crippen molar-refractivity contribution in [1.82, 2.24) is 4.90 Å². The first-order valence-electron chi connectivity index (χ1n) is 7.13. The van der Waals surface area contributed by atoms with Crippen LogP contribution in [0, 0.1) is 0 Å². The van der Waals surface area contributed by atoms with Crippen LogP contribution in [0.15, 0.2) is 24.3 Å². The van der Waals surface area contributed by atoms with Gasteiger partial charge < -0.3 is 10.0 Å². The number of hydrogen-bond donors (Lipinski definition) is 1. The molecular formula is C16H21NO3. The van der Waals surface area contributed by atoms with Gasteiger partial charge in [-0.05, 0) is 50.3 Å². The van der Waals surface area contributed by atoms with Gasteiger partial charge in [0.05, 0.1) is 0 Å². The smallest absolute Gasteiger partial charge is 0.329 e. The number of carboxylic acid groups (broad SMARTS) is 1. The van der Waals surface area contributed by atoms with E-state index in [1.807, 2.05) is 12.1 Å². The SMILES string of the molecule is CCc1ccc(C(=O)N2CCCCC2(C)C(=O)O)cc1. The number of amides is 1. The lowest BCUT2D eigenvalue weighted by atomic mass is 9.87. The van der Waals surface area contributed by atoms with Crippen molar-refractivity contribution in [2.75, 3.05) is 6.54 Å². The van der Waals surface area contributed by atoms with Gasteiger partial charge in [0.2, 0.25) is 0 Å². The Morgan fingerprint density at radius 1 is 1.25 bits per heavy atom. The maximum Gasteiger partial charge on any atom is 0.329 e. The van der Waals surface area contributed by atoms with Crippen LogP contribution in [0.1, 0.15) is 49.0 Å². The number of aryl methyl sites for hydroxylation is 1. The van der Waals surface area contributed by atoms with E-state index in [1.165, 1.54) is 10.5 Å². The predicted octanol–water partition coefficient (Wildman–Crippen LogP) is 2.72. The zero-order valence-electron chi connectivity index (χ0n) is 12.1. The van der Waals surface area contributed by atoms with Crippen LogP contribution < -0.4 is 0 Å². The highest BCUT2D eigenvalue weighted by Gasteiger charge is 2.44. The lowest BCUT2D eigenvalue weighted by Gasteiger charge is -2.41. The molecule has 1 heterocycles. The Morgan fingerprint density at radius 2 is 1.90 bits per heavy atom. The number of carbonyl (C=O) groups is 2. The number of rotatable bonds is 3. The summed E-state index contributed by atoms with van der Waals surface area (Å²) in [4.78, 5) is 25.6. The molecule has 108 valence electrons. The van der Waals surface area contributed by atoms with E-state index in [2.05, 4.69) is 6.92 Å². The van der Waals surface area contributed by atoms with Gasteiger partial charge in [-0.2, -0.15) is 0 Å². The normalized spacial score (nSPS) is 22.6. The highest BCUT2D eigenvalue weighted by molar-refractivity contribution is 5.98. The Labute approximate surface area is 119 Å². The molecule has 0 aromatic heterocycles. The molecule has 1 aromatic carbocycles. The number of piperidine rings is 1. The highest BCUT2D eigenvalue weighted by Crippen LogP contribution is 2.29. The molecule has 1 aliphatic heterocycles. The maximum absolute atomic E-state index is 12.6. The summed E-state index contributed by atoms with van der Waals surface area (Å²) < 4.78 is 0. The lowest BCUT2D eigenvalue weighted by Crippen LogP contribution is -2.57. The summed E-state index contributed by atoms with van der Waals surface area (Å²) >= 11 is 0. The Kier molecular flexibility index (Phi) is 4.12. The third-order valence-electron chi connectivity index (χ3n) is 4.21. The van der Waals surface area contributed by atoms with Crippen LogP contribution in [-0.4, -0.2) is 34.0 Å². The fourth-order valence-corrected chi connectivity index (χ4v) is 2.71. The number of aliphatic carboxylic acids is 1. The lowest BCUT2D eigenvalue weighted by molar-refractivity contribution is -0.150. The summed E-state index contributed by atoms with van der Waals surface area (Å²) in [5.74, 6) is -1.10. The van der Waals surface area contributed by atoms with Gasteiger partial charge in [-0.1, -0.05) is 19.1 Å². The molecule has 1 N–H and O–H groups in total. The third kappa shape index (κ3) is 2.55. The molecule has 0 saturated carbocycles. The minimum absolute atomic E-state index is 0.183. The highest BCUT2D eigenvalue weighted by atomic mass is 16.4. The third-order valence-corrected chi connectivity index (χ3v) is 4.21. The summed E-state index contributed by atoms with van der Waals surface area (Å²) in [7, 11) is 0. The maximum atomic E-state index is 12.6. The molecular weight excluding hydrogens is 254 g/mol. The van der Waals surface area contributed by atoms with E-state index in [4.69, 9.17) is 0 Å². The van der Waals surface area contributed by atoms with Crippen LogP contribution in [0.25, 0.3) is 0 Å². The summed E-state index contributed by atoms with van der Waals surface area (Å²) in [6, 6.07) is 7.43. The van der Waals surface area contributed by atoms with Crippen LogP contribution in [0.3, 0.4) is 0 Å². The first kappa shape index (κ1) is 14.6. The van der Waals surface area contributed by atoms with Crippen molar-refractivity contribution in [2.45, 2.75) is 45.1 Å². The second-order valence-corrected chi connectivity index (χ2v) is 5.54. The summed E-state index contributed by atoms with van der Waals surface area (Å²) in [5.41, 5.74) is 0.649. The van der Waals surface area contributed by atoms with E-state index < -0.39 is 11.5 Å². The molecule has 0 aliphatic carbocycles. The second kappa shape index (κ2) is 5.65. The summed E-state index contributed by atoms with van der Waals surface area (Å²) in [6.45, 7) is 4.22. The van der Waals surface area contributed by atoms with Crippen molar-refractivity contribution in [2.24, 2.45) is 0 Å². The minimum Gasteiger partial charge on any atom is -0.480 e. The average molecular weight is 275 g/mol. The number of likely N-dealkylation sites (tertiary alicyclic amines) is 1. The first-order valence-corrected chi connectivity index (χ1v) is 7.13. The van der Waals surface area contributed by atoms with E-state index in [1.54, 1.807) is 19.1 Å². The molecule has 1 aliphatic rings. The molecule has 4 heteroatoms. The van der Waals surface area contributed by atoms with Gasteiger partial charge in [-0.3, -0.25) is 4.79 Å².